The van der Waals surface area contributed by atoms with E-state index in [0.29, 0.717) is 23.1 Å². The number of pyridine rings is 1. The van der Waals surface area contributed by atoms with Crippen LogP contribution in [-0.4, -0.2) is 4.98 Å². The molecular weight excluding hydrogens is 236 g/mol. The average molecular weight is 245 g/mol. The predicted molar refractivity (Wildman–Crippen MR) is 65.0 cm³/mol. The third kappa shape index (κ3) is 2.74. The average Bonchev–Trinajstić information content (AvgIpc) is 2.39. The molecular formula is C13H9ClN2O. The Bertz CT molecular complexity index is 563. The Morgan fingerprint density at radius 2 is 2.18 bits per heavy atom. The number of nitrogens with zero attached hydrogens (tertiary/aromatic N) is 2. The van der Waals surface area contributed by atoms with Crippen LogP contribution in [-0.2, 0) is 5.88 Å². The summed E-state index contributed by atoms with van der Waals surface area (Å²) < 4.78 is 5.60. The number of halogens is 1. The highest BCUT2D eigenvalue weighted by Gasteiger charge is 2.05. The fraction of sp³-hybridized carbons (Fsp3) is 0.0769. The van der Waals surface area contributed by atoms with Crippen molar-refractivity contribution in [2.24, 2.45) is 0 Å². The number of hydrogen-bond donors (Lipinski definition) is 0. The number of hydrogen-bond acceptors (Lipinski definition) is 3. The van der Waals surface area contributed by atoms with Crippen molar-refractivity contribution in [2.45, 2.75) is 5.88 Å². The fourth-order valence-electron chi connectivity index (χ4n) is 1.36. The minimum atomic E-state index is 0.334. The van der Waals surface area contributed by atoms with Crippen LogP contribution in [0.15, 0.2) is 42.6 Å². The molecule has 0 aliphatic heterocycles. The first-order valence-corrected chi connectivity index (χ1v) is 5.55. The predicted octanol–water partition coefficient (Wildman–Crippen LogP) is 3.48. The minimum absolute atomic E-state index is 0.334. The molecule has 0 spiro atoms. The van der Waals surface area contributed by atoms with Crippen LogP contribution in [0.1, 0.15) is 11.1 Å². The summed E-state index contributed by atoms with van der Waals surface area (Å²) in [4.78, 5) is 4.11. The van der Waals surface area contributed by atoms with Crippen molar-refractivity contribution in [3.63, 3.8) is 0 Å². The zero-order valence-corrected chi connectivity index (χ0v) is 9.69. The van der Waals surface area contributed by atoms with Gasteiger partial charge in [-0.05, 0) is 24.3 Å². The van der Waals surface area contributed by atoms with Gasteiger partial charge >= 0.3 is 0 Å². The van der Waals surface area contributed by atoms with Gasteiger partial charge in [0.1, 0.15) is 5.75 Å². The standard InChI is InChI=1S/C13H9ClN2O/c14-8-11-4-2-6-16-13(11)17-12-5-1-3-10(7-12)9-15/h1-7H,8H2. The Morgan fingerprint density at radius 3 is 2.94 bits per heavy atom. The van der Waals surface area contributed by atoms with E-state index in [2.05, 4.69) is 11.1 Å². The van der Waals surface area contributed by atoms with Crippen molar-refractivity contribution in [1.82, 2.24) is 4.98 Å². The van der Waals surface area contributed by atoms with Gasteiger partial charge in [0, 0.05) is 11.8 Å². The van der Waals surface area contributed by atoms with E-state index in [0.717, 1.165) is 5.56 Å². The van der Waals surface area contributed by atoms with Crippen molar-refractivity contribution in [2.75, 3.05) is 0 Å². The normalized spacial score (nSPS) is 9.65. The largest absolute Gasteiger partial charge is 0.439 e. The first-order chi connectivity index (χ1) is 8.33. The van der Waals surface area contributed by atoms with Gasteiger partial charge in [-0.25, -0.2) is 4.98 Å². The molecule has 0 saturated carbocycles. The minimum Gasteiger partial charge on any atom is -0.439 e. The van der Waals surface area contributed by atoms with Gasteiger partial charge in [-0.3, -0.25) is 0 Å². The molecule has 1 aromatic carbocycles. The SMILES string of the molecule is N#Cc1cccc(Oc2ncccc2CCl)c1. The highest BCUT2D eigenvalue weighted by atomic mass is 35.5. The van der Waals surface area contributed by atoms with Crippen molar-refractivity contribution in [3.8, 4) is 17.7 Å². The molecule has 0 bridgehead atoms. The maximum absolute atomic E-state index is 8.79. The summed E-state index contributed by atoms with van der Waals surface area (Å²) in [5.74, 6) is 1.38. The second-order valence-electron chi connectivity index (χ2n) is 3.34. The molecule has 0 saturated heterocycles. The second kappa shape index (κ2) is 5.33. The summed E-state index contributed by atoms with van der Waals surface area (Å²) in [5, 5.41) is 8.79. The molecule has 2 aromatic rings. The molecule has 3 nitrogen and oxygen atoms in total. The summed E-state index contributed by atoms with van der Waals surface area (Å²) in [5.41, 5.74) is 1.36. The van der Waals surface area contributed by atoms with Gasteiger partial charge in [0.25, 0.3) is 0 Å². The molecule has 0 aliphatic rings. The van der Waals surface area contributed by atoms with E-state index in [4.69, 9.17) is 21.6 Å². The van der Waals surface area contributed by atoms with Crippen LogP contribution >= 0.6 is 11.6 Å². The van der Waals surface area contributed by atoms with Crippen molar-refractivity contribution >= 4 is 11.6 Å². The molecule has 0 radical (unpaired) electrons. The van der Waals surface area contributed by atoms with Crippen LogP contribution in [0.25, 0.3) is 0 Å². The number of rotatable bonds is 3. The molecule has 0 unspecified atom stereocenters. The Balaban J connectivity index is 2.28. The van der Waals surface area contributed by atoms with E-state index >= 15 is 0 Å². The van der Waals surface area contributed by atoms with Crippen molar-refractivity contribution in [1.29, 1.82) is 5.26 Å². The molecule has 0 atom stereocenters. The quantitative estimate of drug-likeness (QED) is 0.777. The molecule has 1 aromatic heterocycles. The van der Waals surface area contributed by atoms with Gasteiger partial charge in [-0.2, -0.15) is 5.26 Å². The third-order valence-corrected chi connectivity index (χ3v) is 2.46. The second-order valence-corrected chi connectivity index (χ2v) is 3.61. The zero-order valence-electron chi connectivity index (χ0n) is 8.93. The van der Waals surface area contributed by atoms with Gasteiger partial charge in [-0.1, -0.05) is 12.1 Å². The summed E-state index contributed by atoms with van der Waals surface area (Å²) >= 11 is 5.78. The monoisotopic (exact) mass is 244 g/mol. The maximum atomic E-state index is 8.79. The Morgan fingerprint density at radius 1 is 1.29 bits per heavy atom. The van der Waals surface area contributed by atoms with E-state index in [1.54, 1.807) is 36.5 Å². The lowest BCUT2D eigenvalue weighted by molar-refractivity contribution is 0.458. The number of benzene rings is 1. The number of nitriles is 1. The van der Waals surface area contributed by atoms with Crippen molar-refractivity contribution < 1.29 is 4.74 Å². The van der Waals surface area contributed by atoms with Gasteiger partial charge in [-0.15, -0.1) is 11.6 Å². The van der Waals surface area contributed by atoms with Gasteiger partial charge < -0.3 is 4.74 Å². The highest BCUT2D eigenvalue weighted by Crippen LogP contribution is 2.24. The van der Waals surface area contributed by atoms with E-state index in [1.165, 1.54) is 0 Å². The van der Waals surface area contributed by atoms with Crippen LogP contribution < -0.4 is 4.74 Å². The third-order valence-electron chi connectivity index (χ3n) is 2.17. The van der Waals surface area contributed by atoms with E-state index in [-0.39, 0.29) is 0 Å². The lowest BCUT2D eigenvalue weighted by Crippen LogP contribution is -1.92. The van der Waals surface area contributed by atoms with Crippen LogP contribution in [0.2, 0.25) is 0 Å². The molecule has 0 aliphatic carbocycles. The van der Waals surface area contributed by atoms with Gasteiger partial charge in [0.15, 0.2) is 0 Å². The Labute approximate surface area is 104 Å². The first kappa shape index (κ1) is 11.4. The fourth-order valence-corrected chi connectivity index (χ4v) is 1.56. The lowest BCUT2D eigenvalue weighted by atomic mass is 10.2. The Kier molecular flexibility index (Phi) is 3.59. The first-order valence-electron chi connectivity index (χ1n) is 5.01. The van der Waals surface area contributed by atoms with Crippen LogP contribution in [0, 0.1) is 11.3 Å². The summed E-state index contributed by atoms with van der Waals surface area (Å²) in [7, 11) is 0. The Hall–Kier alpha value is -2.05. The maximum Gasteiger partial charge on any atom is 0.223 e. The summed E-state index contributed by atoms with van der Waals surface area (Å²) in [6.45, 7) is 0. The zero-order chi connectivity index (χ0) is 12.1. The number of alkyl halides is 1. The molecule has 4 heteroatoms. The smallest absolute Gasteiger partial charge is 0.223 e. The molecule has 17 heavy (non-hydrogen) atoms. The molecule has 2 rings (SSSR count). The van der Waals surface area contributed by atoms with Gasteiger partial charge in [0.05, 0.1) is 17.5 Å². The number of aromatic nitrogens is 1. The lowest BCUT2D eigenvalue weighted by Gasteiger charge is -2.07. The number of ether oxygens (including phenoxy) is 1. The molecule has 0 N–H and O–H groups in total. The van der Waals surface area contributed by atoms with E-state index in [9.17, 15) is 0 Å². The summed E-state index contributed by atoms with van der Waals surface area (Å²) in [6, 6.07) is 12.6. The van der Waals surface area contributed by atoms with Crippen molar-refractivity contribution in [3.05, 3.63) is 53.7 Å². The highest BCUT2D eigenvalue weighted by molar-refractivity contribution is 6.17. The van der Waals surface area contributed by atoms with Crippen LogP contribution in [0.4, 0.5) is 0 Å². The molecule has 0 amide bonds. The topological polar surface area (TPSA) is 45.9 Å². The van der Waals surface area contributed by atoms with E-state index < -0.39 is 0 Å². The molecule has 0 fully saturated rings. The summed E-state index contributed by atoms with van der Waals surface area (Å²) in [6.07, 6.45) is 1.64. The van der Waals surface area contributed by atoms with Crippen LogP contribution in [0.5, 0.6) is 11.6 Å². The van der Waals surface area contributed by atoms with Crippen LogP contribution in [0.3, 0.4) is 0 Å². The van der Waals surface area contributed by atoms with E-state index in [1.807, 2.05) is 6.07 Å². The van der Waals surface area contributed by atoms with Gasteiger partial charge in [0.2, 0.25) is 5.88 Å². The molecule has 84 valence electrons. The molecule has 1 heterocycles.